The lowest BCUT2D eigenvalue weighted by atomic mass is 10.0. The number of carbonyl (C=O) groups excluding carboxylic acids is 1. The molecule has 0 bridgehead atoms. The van der Waals surface area contributed by atoms with Gasteiger partial charge >= 0.3 is 0 Å². The van der Waals surface area contributed by atoms with Crippen LogP contribution in [0.1, 0.15) is 16.1 Å². The van der Waals surface area contributed by atoms with E-state index < -0.39 is 0 Å². The molecule has 106 valence electrons. The SMILES string of the molecule is Cn1nc(CC(=O)c2ccc(F)c(Br)c2)c2ccccc21. The van der Waals surface area contributed by atoms with Gasteiger partial charge in [-0.2, -0.15) is 5.10 Å². The van der Waals surface area contributed by atoms with Crippen molar-refractivity contribution in [2.75, 3.05) is 0 Å². The van der Waals surface area contributed by atoms with E-state index in [-0.39, 0.29) is 18.0 Å². The van der Waals surface area contributed by atoms with Crippen LogP contribution in [0.2, 0.25) is 0 Å². The number of ketones is 1. The summed E-state index contributed by atoms with van der Waals surface area (Å²) in [5.41, 5.74) is 2.19. The van der Waals surface area contributed by atoms with E-state index in [4.69, 9.17) is 0 Å². The summed E-state index contributed by atoms with van der Waals surface area (Å²) in [6.45, 7) is 0. The Morgan fingerprint density at radius 3 is 2.81 bits per heavy atom. The predicted molar refractivity (Wildman–Crippen MR) is 82.8 cm³/mol. The lowest BCUT2D eigenvalue weighted by Gasteiger charge is -2.01. The molecular weight excluding hydrogens is 335 g/mol. The Morgan fingerprint density at radius 1 is 1.29 bits per heavy atom. The topological polar surface area (TPSA) is 34.9 Å². The average molecular weight is 347 g/mol. The summed E-state index contributed by atoms with van der Waals surface area (Å²) in [5.74, 6) is -0.464. The molecule has 0 radical (unpaired) electrons. The number of hydrogen-bond donors (Lipinski definition) is 0. The first-order valence-corrected chi connectivity index (χ1v) is 7.24. The number of halogens is 2. The number of hydrogen-bond acceptors (Lipinski definition) is 2. The molecule has 3 nitrogen and oxygen atoms in total. The number of rotatable bonds is 3. The number of carbonyl (C=O) groups is 1. The molecule has 3 rings (SSSR count). The summed E-state index contributed by atoms with van der Waals surface area (Å²) in [4.78, 5) is 12.3. The molecule has 0 unspecified atom stereocenters. The maximum absolute atomic E-state index is 13.2. The maximum atomic E-state index is 13.2. The van der Waals surface area contributed by atoms with Crippen molar-refractivity contribution in [2.45, 2.75) is 6.42 Å². The largest absolute Gasteiger partial charge is 0.294 e. The molecule has 0 aliphatic carbocycles. The van der Waals surface area contributed by atoms with Crippen LogP contribution in [0, 0.1) is 5.82 Å². The van der Waals surface area contributed by atoms with Crippen molar-refractivity contribution in [1.29, 1.82) is 0 Å². The minimum atomic E-state index is -0.380. The third-order valence-corrected chi connectivity index (χ3v) is 4.01. The second-order valence-corrected chi connectivity index (χ2v) is 5.67. The van der Waals surface area contributed by atoms with Crippen molar-refractivity contribution in [2.24, 2.45) is 7.05 Å². The van der Waals surface area contributed by atoms with Crippen molar-refractivity contribution in [3.63, 3.8) is 0 Å². The fraction of sp³-hybridized carbons (Fsp3) is 0.125. The number of nitrogens with zero attached hydrogens (tertiary/aromatic N) is 2. The molecule has 0 N–H and O–H groups in total. The molecule has 2 aromatic carbocycles. The summed E-state index contributed by atoms with van der Waals surface area (Å²) in [6.07, 6.45) is 0.194. The molecule has 0 atom stereocenters. The van der Waals surface area contributed by atoms with Gasteiger partial charge < -0.3 is 0 Å². The van der Waals surface area contributed by atoms with Crippen molar-refractivity contribution in [3.05, 3.63) is 64.0 Å². The van der Waals surface area contributed by atoms with Crippen LogP contribution >= 0.6 is 15.9 Å². The number of benzene rings is 2. The smallest absolute Gasteiger partial charge is 0.168 e. The second-order valence-electron chi connectivity index (χ2n) is 4.82. The molecule has 3 aromatic rings. The molecule has 0 aliphatic rings. The van der Waals surface area contributed by atoms with E-state index in [2.05, 4.69) is 21.0 Å². The lowest BCUT2D eigenvalue weighted by Crippen LogP contribution is -2.05. The van der Waals surface area contributed by atoms with Gasteiger partial charge in [-0.3, -0.25) is 9.48 Å². The van der Waals surface area contributed by atoms with E-state index in [1.165, 1.54) is 18.2 Å². The van der Waals surface area contributed by atoms with Gasteiger partial charge in [-0.25, -0.2) is 4.39 Å². The van der Waals surface area contributed by atoms with E-state index >= 15 is 0 Å². The highest BCUT2D eigenvalue weighted by Crippen LogP contribution is 2.21. The van der Waals surface area contributed by atoms with E-state index in [0.717, 1.165) is 16.6 Å². The first-order valence-electron chi connectivity index (χ1n) is 6.45. The first kappa shape index (κ1) is 13.9. The van der Waals surface area contributed by atoms with Crippen LogP contribution < -0.4 is 0 Å². The van der Waals surface area contributed by atoms with Gasteiger partial charge in [0.1, 0.15) is 5.82 Å². The molecule has 0 spiro atoms. The highest BCUT2D eigenvalue weighted by molar-refractivity contribution is 9.10. The minimum Gasteiger partial charge on any atom is -0.294 e. The van der Waals surface area contributed by atoms with Gasteiger partial charge in [0.25, 0.3) is 0 Å². The average Bonchev–Trinajstić information content (AvgIpc) is 2.79. The van der Waals surface area contributed by atoms with Crippen molar-refractivity contribution in [1.82, 2.24) is 9.78 Å². The molecule has 1 heterocycles. The third-order valence-electron chi connectivity index (χ3n) is 3.40. The summed E-state index contributed by atoms with van der Waals surface area (Å²) < 4.78 is 15.3. The molecule has 0 amide bonds. The predicted octanol–water partition coefficient (Wildman–Crippen LogP) is 3.90. The van der Waals surface area contributed by atoms with Crippen LogP contribution in [-0.2, 0) is 13.5 Å². The van der Waals surface area contributed by atoms with E-state index in [1.54, 1.807) is 4.68 Å². The normalized spacial score (nSPS) is 11.0. The Bertz CT molecular complexity index is 841. The number of aryl methyl sites for hydroxylation is 1. The molecule has 0 aliphatic heterocycles. The summed E-state index contributed by atoms with van der Waals surface area (Å²) >= 11 is 3.10. The Hall–Kier alpha value is -2.01. The highest BCUT2D eigenvalue weighted by atomic mass is 79.9. The fourth-order valence-electron chi connectivity index (χ4n) is 2.34. The number of Topliss-reactive ketones (excluding diaryl/α,β-unsaturated/α-hetero) is 1. The van der Waals surface area contributed by atoms with Crippen LogP contribution in [0.3, 0.4) is 0 Å². The molecule has 1 aromatic heterocycles. The van der Waals surface area contributed by atoms with Gasteiger partial charge in [-0.15, -0.1) is 0 Å². The van der Waals surface area contributed by atoms with E-state index in [9.17, 15) is 9.18 Å². The van der Waals surface area contributed by atoms with Crippen LogP contribution in [0.25, 0.3) is 10.9 Å². The van der Waals surface area contributed by atoms with E-state index in [0.29, 0.717) is 10.0 Å². The Balaban J connectivity index is 1.94. The molecule has 21 heavy (non-hydrogen) atoms. The zero-order valence-corrected chi connectivity index (χ0v) is 12.9. The third kappa shape index (κ3) is 2.61. The van der Waals surface area contributed by atoms with Crippen LogP contribution in [0.15, 0.2) is 46.9 Å². The molecule has 0 saturated carbocycles. The standard InChI is InChI=1S/C16H12BrFN2O/c1-20-15-5-3-2-4-11(15)14(19-20)9-16(21)10-6-7-13(18)12(17)8-10/h2-8H,9H2,1H3. The summed E-state index contributed by atoms with van der Waals surface area (Å²) in [7, 11) is 1.85. The van der Waals surface area contributed by atoms with Gasteiger partial charge in [0.2, 0.25) is 0 Å². The second kappa shape index (κ2) is 5.41. The Morgan fingerprint density at radius 2 is 2.05 bits per heavy atom. The lowest BCUT2D eigenvalue weighted by molar-refractivity contribution is 0.0992. The van der Waals surface area contributed by atoms with Crippen LogP contribution in [-0.4, -0.2) is 15.6 Å². The van der Waals surface area contributed by atoms with Gasteiger partial charge in [0, 0.05) is 18.0 Å². The number of para-hydroxylation sites is 1. The van der Waals surface area contributed by atoms with Gasteiger partial charge in [-0.05, 0) is 40.2 Å². The van der Waals surface area contributed by atoms with Crippen molar-refractivity contribution in [3.8, 4) is 0 Å². The highest BCUT2D eigenvalue weighted by Gasteiger charge is 2.14. The summed E-state index contributed by atoms with van der Waals surface area (Å²) in [6, 6.07) is 12.1. The van der Waals surface area contributed by atoms with Crippen LogP contribution in [0.5, 0.6) is 0 Å². The van der Waals surface area contributed by atoms with Gasteiger partial charge in [0.05, 0.1) is 22.1 Å². The number of fused-ring (bicyclic) bond motifs is 1. The quantitative estimate of drug-likeness (QED) is 0.674. The molecular formula is C16H12BrFN2O. The molecule has 0 fully saturated rings. The summed E-state index contributed by atoms with van der Waals surface area (Å²) in [5, 5.41) is 5.37. The van der Waals surface area contributed by atoms with Crippen molar-refractivity contribution < 1.29 is 9.18 Å². The number of aromatic nitrogens is 2. The van der Waals surface area contributed by atoms with Crippen molar-refractivity contribution >= 4 is 32.6 Å². The van der Waals surface area contributed by atoms with Gasteiger partial charge in [0.15, 0.2) is 5.78 Å². The maximum Gasteiger partial charge on any atom is 0.168 e. The molecule has 5 heteroatoms. The monoisotopic (exact) mass is 346 g/mol. The zero-order chi connectivity index (χ0) is 15.0. The fourth-order valence-corrected chi connectivity index (χ4v) is 2.72. The first-order chi connectivity index (χ1) is 10.1. The van der Waals surface area contributed by atoms with Gasteiger partial charge in [-0.1, -0.05) is 18.2 Å². The van der Waals surface area contributed by atoms with E-state index in [1.807, 2.05) is 31.3 Å². The minimum absolute atomic E-state index is 0.0837. The van der Waals surface area contributed by atoms with Crippen LogP contribution in [0.4, 0.5) is 4.39 Å². The Labute approximate surface area is 129 Å². The Kier molecular flexibility index (Phi) is 3.59. The molecule has 0 saturated heterocycles. The zero-order valence-electron chi connectivity index (χ0n) is 11.3.